The number of nitrogens with zero attached hydrogens (tertiary/aromatic N) is 2. The van der Waals surface area contributed by atoms with Gasteiger partial charge in [0.25, 0.3) is 0 Å². The first-order chi connectivity index (χ1) is 12.1. The van der Waals surface area contributed by atoms with Crippen LogP contribution in [-0.2, 0) is 0 Å². The van der Waals surface area contributed by atoms with E-state index in [1.54, 1.807) is 0 Å². The quantitative estimate of drug-likeness (QED) is 0.744. The van der Waals surface area contributed by atoms with Crippen molar-refractivity contribution in [2.24, 2.45) is 0 Å². The Hall–Kier alpha value is -2.20. The van der Waals surface area contributed by atoms with E-state index in [9.17, 15) is 0 Å². The Morgan fingerprint density at radius 2 is 2.04 bits per heavy atom. The van der Waals surface area contributed by atoms with Crippen molar-refractivity contribution < 1.29 is 0 Å². The first-order valence-corrected chi connectivity index (χ1v) is 9.24. The maximum Gasteiger partial charge on any atom is 0.123 e. The van der Waals surface area contributed by atoms with Crippen molar-refractivity contribution in [3.8, 4) is 0 Å². The molecule has 0 radical (unpaired) electrons. The Balaban J connectivity index is 1.84. The minimum Gasteiger partial charge on any atom is -0.364 e. The first kappa shape index (κ1) is 17.6. The van der Waals surface area contributed by atoms with E-state index in [2.05, 4.69) is 78.5 Å². The Morgan fingerprint density at radius 3 is 2.72 bits per heavy atom. The predicted molar refractivity (Wildman–Crippen MR) is 105 cm³/mol. The van der Waals surface area contributed by atoms with Crippen LogP contribution >= 0.6 is 0 Å². The highest BCUT2D eigenvalue weighted by molar-refractivity contribution is 5.49. The standard InChI is InChI=1S/C21H30N4/c1-5-9-18(14-16(2)3)21-17(4)22-20-11-10-19(15-25(20)21)23-24-12-7-6-8-13-24/h5,9-11,14-15,20,22-23H,1,6-8,12-13H2,2-4H3/b18-9+. The molecule has 1 saturated heterocycles. The molecule has 0 saturated carbocycles. The number of piperidine rings is 1. The maximum atomic E-state index is 3.88. The zero-order chi connectivity index (χ0) is 17.8. The number of hydrogen-bond acceptors (Lipinski definition) is 4. The third-order valence-electron chi connectivity index (χ3n) is 4.67. The van der Waals surface area contributed by atoms with Crippen LogP contribution in [0, 0.1) is 0 Å². The summed E-state index contributed by atoms with van der Waals surface area (Å²) < 4.78 is 0. The van der Waals surface area contributed by atoms with E-state index < -0.39 is 0 Å². The largest absolute Gasteiger partial charge is 0.364 e. The predicted octanol–water partition coefficient (Wildman–Crippen LogP) is 3.93. The highest BCUT2D eigenvalue weighted by atomic mass is 15.5. The van der Waals surface area contributed by atoms with Crippen LogP contribution in [0.5, 0.6) is 0 Å². The SMILES string of the molecule is C=C/C=C(\C=C(C)C)C1=C(C)NC2C=CC(NN3CCCCC3)=CN12. The molecule has 1 atom stereocenters. The van der Waals surface area contributed by atoms with Crippen LogP contribution in [0.2, 0.25) is 0 Å². The highest BCUT2D eigenvalue weighted by Crippen LogP contribution is 2.31. The number of rotatable bonds is 5. The molecule has 0 amide bonds. The van der Waals surface area contributed by atoms with Gasteiger partial charge in [0.15, 0.2) is 0 Å². The second-order valence-corrected chi connectivity index (χ2v) is 7.15. The molecule has 0 aromatic carbocycles. The van der Waals surface area contributed by atoms with E-state index in [1.807, 2.05) is 6.08 Å². The van der Waals surface area contributed by atoms with Gasteiger partial charge in [-0.25, -0.2) is 5.01 Å². The molecule has 3 heterocycles. The Kier molecular flexibility index (Phi) is 5.49. The van der Waals surface area contributed by atoms with Crippen molar-refractivity contribution in [2.45, 2.75) is 46.2 Å². The molecule has 1 fully saturated rings. The van der Waals surface area contributed by atoms with Crippen molar-refractivity contribution in [1.29, 1.82) is 0 Å². The monoisotopic (exact) mass is 338 g/mol. The summed E-state index contributed by atoms with van der Waals surface area (Å²) in [6.07, 6.45) is 16.8. The average molecular weight is 338 g/mol. The van der Waals surface area contributed by atoms with Crippen LogP contribution in [0.3, 0.4) is 0 Å². The molecule has 0 spiro atoms. The summed E-state index contributed by atoms with van der Waals surface area (Å²) in [6, 6.07) is 0. The summed E-state index contributed by atoms with van der Waals surface area (Å²) in [5.74, 6) is 0. The summed E-state index contributed by atoms with van der Waals surface area (Å²) in [7, 11) is 0. The molecule has 4 heteroatoms. The summed E-state index contributed by atoms with van der Waals surface area (Å²) in [5, 5.41) is 5.90. The van der Waals surface area contributed by atoms with Gasteiger partial charge in [0, 0.05) is 25.0 Å². The van der Waals surface area contributed by atoms with Crippen molar-refractivity contribution >= 4 is 0 Å². The van der Waals surface area contributed by atoms with Crippen LogP contribution < -0.4 is 10.7 Å². The van der Waals surface area contributed by atoms with Gasteiger partial charge in [0.1, 0.15) is 6.17 Å². The van der Waals surface area contributed by atoms with E-state index in [0.29, 0.717) is 0 Å². The van der Waals surface area contributed by atoms with Gasteiger partial charge < -0.3 is 15.6 Å². The third kappa shape index (κ3) is 4.07. The third-order valence-corrected chi connectivity index (χ3v) is 4.67. The second kappa shape index (κ2) is 7.79. The van der Waals surface area contributed by atoms with Crippen LogP contribution in [0.4, 0.5) is 0 Å². The molecule has 0 aromatic heterocycles. The zero-order valence-electron chi connectivity index (χ0n) is 15.7. The van der Waals surface area contributed by atoms with Gasteiger partial charge in [-0.3, -0.25) is 0 Å². The van der Waals surface area contributed by atoms with Gasteiger partial charge in [-0.05, 0) is 51.3 Å². The van der Waals surface area contributed by atoms with Gasteiger partial charge in [0.05, 0.1) is 11.4 Å². The maximum absolute atomic E-state index is 3.88. The lowest BCUT2D eigenvalue weighted by Crippen LogP contribution is -2.43. The van der Waals surface area contributed by atoms with Gasteiger partial charge >= 0.3 is 0 Å². The number of nitrogens with one attached hydrogen (secondary N) is 2. The van der Waals surface area contributed by atoms with E-state index in [0.717, 1.165) is 18.8 Å². The lowest BCUT2D eigenvalue weighted by Gasteiger charge is -2.32. The Morgan fingerprint density at radius 1 is 1.28 bits per heavy atom. The van der Waals surface area contributed by atoms with E-state index >= 15 is 0 Å². The molecular formula is C21H30N4. The van der Waals surface area contributed by atoms with E-state index in [-0.39, 0.29) is 6.17 Å². The molecule has 0 aromatic rings. The summed E-state index contributed by atoms with van der Waals surface area (Å²) >= 11 is 0. The minimum absolute atomic E-state index is 0.181. The summed E-state index contributed by atoms with van der Waals surface area (Å²) in [6.45, 7) is 12.5. The number of allylic oxidation sites excluding steroid dienone is 6. The van der Waals surface area contributed by atoms with Gasteiger partial charge in [0.2, 0.25) is 0 Å². The van der Waals surface area contributed by atoms with Crippen molar-refractivity contribution in [3.05, 3.63) is 71.4 Å². The fraction of sp³-hybridized carbons (Fsp3) is 0.429. The van der Waals surface area contributed by atoms with Gasteiger partial charge in [-0.2, -0.15) is 0 Å². The van der Waals surface area contributed by atoms with Gasteiger partial charge in [-0.15, -0.1) is 0 Å². The first-order valence-electron chi connectivity index (χ1n) is 9.24. The van der Waals surface area contributed by atoms with E-state index in [1.165, 1.54) is 41.8 Å². The minimum atomic E-state index is 0.181. The van der Waals surface area contributed by atoms with Crippen LogP contribution in [0.25, 0.3) is 0 Å². The molecule has 1 unspecified atom stereocenters. The molecule has 3 rings (SSSR count). The fourth-order valence-electron chi connectivity index (χ4n) is 3.62. The lowest BCUT2D eigenvalue weighted by atomic mass is 10.1. The molecule has 2 N–H and O–H groups in total. The molecule has 0 aliphatic carbocycles. The molecule has 134 valence electrons. The number of fused-ring (bicyclic) bond motifs is 1. The van der Waals surface area contributed by atoms with Crippen molar-refractivity contribution in [1.82, 2.24) is 20.7 Å². The smallest absolute Gasteiger partial charge is 0.123 e. The molecule has 3 aliphatic heterocycles. The van der Waals surface area contributed by atoms with Crippen LogP contribution in [0.1, 0.15) is 40.0 Å². The average Bonchev–Trinajstić information content (AvgIpc) is 2.90. The van der Waals surface area contributed by atoms with Crippen molar-refractivity contribution in [3.63, 3.8) is 0 Å². The van der Waals surface area contributed by atoms with Crippen molar-refractivity contribution in [2.75, 3.05) is 13.1 Å². The fourth-order valence-corrected chi connectivity index (χ4v) is 3.62. The molecule has 4 nitrogen and oxygen atoms in total. The molecule has 0 bridgehead atoms. The lowest BCUT2D eigenvalue weighted by molar-refractivity contribution is 0.175. The Bertz CT molecular complexity index is 668. The van der Waals surface area contributed by atoms with E-state index in [4.69, 9.17) is 0 Å². The second-order valence-electron chi connectivity index (χ2n) is 7.15. The number of hydrazine groups is 1. The number of hydrogen-bond donors (Lipinski definition) is 2. The van der Waals surface area contributed by atoms with Crippen LogP contribution in [-0.4, -0.2) is 29.2 Å². The van der Waals surface area contributed by atoms with Crippen LogP contribution in [0.15, 0.2) is 71.4 Å². The van der Waals surface area contributed by atoms with Gasteiger partial charge in [-0.1, -0.05) is 36.8 Å². The summed E-state index contributed by atoms with van der Waals surface area (Å²) in [4.78, 5) is 2.32. The highest BCUT2D eigenvalue weighted by Gasteiger charge is 2.30. The molecule has 25 heavy (non-hydrogen) atoms. The molecule has 3 aliphatic rings. The topological polar surface area (TPSA) is 30.5 Å². The zero-order valence-corrected chi connectivity index (χ0v) is 15.7. The molecular weight excluding hydrogens is 308 g/mol. The summed E-state index contributed by atoms with van der Waals surface area (Å²) in [5.41, 5.74) is 9.59. The normalized spacial score (nSPS) is 23.8. The Labute approximate surface area is 151 Å².